The van der Waals surface area contributed by atoms with Crippen LogP contribution in [0, 0.1) is 5.92 Å². The topological polar surface area (TPSA) is 78.8 Å². The number of carbonyl (C=O) groups is 1. The zero-order valence-electron chi connectivity index (χ0n) is 18.4. The number of likely N-dealkylation sites (tertiary alicyclic amines) is 1. The Morgan fingerprint density at radius 1 is 1.20 bits per heavy atom. The van der Waals surface area contributed by atoms with E-state index >= 15 is 0 Å². The molecule has 1 amide bonds. The van der Waals surface area contributed by atoms with Gasteiger partial charge in [0.15, 0.2) is 0 Å². The molecule has 1 N–H and O–H groups in total. The lowest BCUT2D eigenvalue weighted by Gasteiger charge is -2.34. The summed E-state index contributed by atoms with van der Waals surface area (Å²) in [6.07, 6.45) is 4.38. The lowest BCUT2D eigenvalue weighted by molar-refractivity contribution is -0.125. The molecular weight excluding hydrogens is 398 g/mol. The van der Waals surface area contributed by atoms with E-state index < -0.39 is 10.0 Å². The first-order valence-corrected chi connectivity index (χ1v) is 12.4. The molecule has 1 saturated heterocycles. The van der Waals surface area contributed by atoms with Crippen molar-refractivity contribution in [2.75, 3.05) is 13.1 Å². The molecule has 30 heavy (non-hydrogen) atoms. The van der Waals surface area contributed by atoms with Gasteiger partial charge in [-0.3, -0.25) is 4.79 Å². The number of nitrogens with zero attached hydrogens (tertiary/aromatic N) is 2. The Hall–Kier alpha value is -2.15. The van der Waals surface area contributed by atoms with E-state index in [4.69, 9.17) is 0 Å². The van der Waals surface area contributed by atoms with Crippen LogP contribution in [0.2, 0.25) is 0 Å². The third-order valence-corrected chi connectivity index (χ3v) is 7.55. The normalized spacial score (nSPS) is 20.3. The molecule has 0 saturated carbocycles. The average molecular weight is 432 g/mol. The van der Waals surface area contributed by atoms with Gasteiger partial charge >= 0.3 is 0 Å². The maximum absolute atomic E-state index is 12.8. The number of rotatable bonds is 6. The van der Waals surface area contributed by atoms with Crippen LogP contribution in [0.3, 0.4) is 0 Å². The smallest absolute Gasteiger partial charge is 0.285 e. The van der Waals surface area contributed by atoms with Gasteiger partial charge in [-0.2, -0.15) is 8.42 Å². The summed E-state index contributed by atoms with van der Waals surface area (Å²) >= 11 is 0. The number of piperidine rings is 1. The summed E-state index contributed by atoms with van der Waals surface area (Å²) in [5, 5.41) is 3.15. The Morgan fingerprint density at radius 2 is 1.83 bits per heavy atom. The number of sulfonamides is 1. The molecule has 7 heteroatoms. The zero-order chi connectivity index (χ0) is 21.9. The molecule has 0 aliphatic carbocycles. The maximum atomic E-state index is 12.8. The van der Waals surface area contributed by atoms with Crippen molar-refractivity contribution in [3.63, 3.8) is 0 Å². The molecule has 1 unspecified atom stereocenters. The van der Waals surface area contributed by atoms with Gasteiger partial charge in [0.05, 0.1) is 0 Å². The number of hydrogen-bond acceptors (Lipinski definition) is 4. The summed E-state index contributed by atoms with van der Waals surface area (Å²) in [5.74, 6) is 0.697. The van der Waals surface area contributed by atoms with E-state index in [0.717, 1.165) is 32.1 Å². The highest BCUT2D eigenvalue weighted by Gasteiger charge is 2.35. The van der Waals surface area contributed by atoms with Gasteiger partial charge in [0, 0.05) is 30.6 Å². The first kappa shape index (κ1) is 22.5. The summed E-state index contributed by atoms with van der Waals surface area (Å²) in [6.45, 7) is 9.33. The highest BCUT2D eigenvalue weighted by molar-refractivity contribution is 8.00. The number of nitrogens with one attached hydrogen (secondary N) is 1. The summed E-state index contributed by atoms with van der Waals surface area (Å²) in [7, 11) is -3.70. The van der Waals surface area contributed by atoms with Crippen LogP contribution in [0.15, 0.2) is 34.2 Å². The van der Waals surface area contributed by atoms with Crippen LogP contribution in [0.25, 0.3) is 4.91 Å². The van der Waals surface area contributed by atoms with Gasteiger partial charge in [-0.15, -0.1) is 4.40 Å². The van der Waals surface area contributed by atoms with Crippen molar-refractivity contribution < 1.29 is 13.2 Å². The van der Waals surface area contributed by atoms with E-state index in [0.29, 0.717) is 35.0 Å². The standard InChI is InChI=1S/C23H33N3O3S/c1-5-7-16(3)23(27)24-20-12-14-26(15-13-20)22-17(4)21(30(28,29)25-22)19-10-8-18(6-2)9-11-19/h8-11,16,20H,5-7,12-15H2,1-4H3,(H,24,27). The predicted octanol–water partition coefficient (Wildman–Crippen LogP) is 3.74. The maximum Gasteiger partial charge on any atom is 0.285 e. The number of amidine groups is 1. The molecule has 1 fully saturated rings. The van der Waals surface area contributed by atoms with E-state index in [2.05, 4.69) is 23.6 Å². The van der Waals surface area contributed by atoms with Gasteiger partial charge in [0.2, 0.25) is 5.91 Å². The minimum atomic E-state index is -3.70. The Kier molecular flexibility index (Phi) is 7.01. The molecule has 2 aliphatic heterocycles. The summed E-state index contributed by atoms with van der Waals surface area (Å²) in [5.41, 5.74) is 2.57. The van der Waals surface area contributed by atoms with E-state index in [1.54, 1.807) is 0 Å². The first-order valence-electron chi connectivity index (χ1n) is 11.0. The summed E-state index contributed by atoms with van der Waals surface area (Å²) in [4.78, 5) is 14.6. The number of amides is 1. The SMILES string of the molecule is CCCC(C)C(=O)NC1CCN(C2=NS(=O)(=O)C(c3ccc(CC)cc3)=C2C)CC1. The van der Waals surface area contributed by atoms with Crippen LogP contribution in [-0.4, -0.2) is 44.2 Å². The van der Waals surface area contributed by atoms with Gasteiger partial charge in [-0.05, 0) is 43.7 Å². The van der Waals surface area contributed by atoms with Crippen LogP contribution in [-0.2, 0) is 21.2 Å². The molecule has 0 radical (unpaired) electrons. The van der Waals surface area contributed by atoms with Crippen molar-refractivity contribution in [1.82, 2.24) is 10.2 Å². The second-order valence-corrected chi connectivity index (χ2v) is 9.90. The second-order valence-electron chi connectivity index (χ2n) is 8.35. The van der Waals surface area contributed by atoms with Crippen LogP contribution < -0.4 is 5.32 Å². The highest BCUT2D eigenvalue weighted by Crippen LogP contribution is 2.34. The average Bonchev–Trinajstić information content (AvgIpc) is 2.97. The predicted molar refractivity (Wildman–Crippen MR) is 122 cm³/mol. The van der Waals surface area contributed by atoms with Crippen molar-refractivity contribution in [2.24, 2.45) is 10.3 Å². The number of hydrogen-bond donors (Lipinski definition) is 1. The fourth-order valence-electron chi connectivity index (χ4n) is 4.22. The molecule has 0 bridgehead atoms. The number of aryl methyl sites for hydroxylation is 1. The second kappa shape index (κ2) is 9.33. The molecule has 1 aromatic carbocycles. The van der Waals surface area contributed by atoms with E-state index in [-0.39, 0.29) is 17.9 Å². The Balaban J connectivity index is 1.70. The van der Waals surface area contributed by atoms with Crippen molar-refractivity contribution >= 4 is 26.7 Å². The van der Waals surface area contributed by atoms with E-state index in [1.807, 2.05) is 43.0 Å². The fraction of sp³-hybridized carbons (Fsp3) is 0.565. The zero-order valence-corrected chi connectivity index (χ0v) is 19.3. The van der Waals surface area contributed by atoms with Gasteiger partial charge < -0.3 is 10.2 Å². The third-order valence-electron chi connectivity index (χ3n) is 6.08. The molecule has 1 atom stereocenters. The van der Waals surface area contributed by atoms with Gasteiger partial charge in [0.1, 0.15) is 10.7 Å². The molecule has 164 valence electrons. The first-order chi connectivity index (χ1) is 14.3. The highest BCUT2D eigenvalue weighted by atomic mass is 32.2. The molecule has 3 rings (SSSR count). The minimum absolute atomic E-state index is 0.0317. The van der Waals surface area contributed by atoms with Crippen LogP contribution in [0.4, 0.5) is 0 Å². The summed E-state index contributed by atoms with van der Waals surface area (Å²) < 4.78 is 29.7. The summed E-state index contributed by atoms with van der Waals surface area (Å²) in [6, 6.07) is 7.81. The van der Waals surface area contributed by atoms with Crippen molar-refractivity contribution in [3.8, 4) is 0 Å². The van der Waals surface area contributed by atoms with Crippen LogP contribution in [0.5, 0.6) is 0 Å². The Bertz CT molecular complexity index is 940. The lowest BCUT2D eigenvalue weighted by Crippen LogP contribution is -2.47. The lowest BCUT2D eigenvalue weighted by atomic mass is 10.0. The Labute approximate surface area is 180 Å². The molecule has 2 aliphatic rings. The van der Waals surface area contributed by atoms with Crippen molar-refractivity contribution in [3.05, 3.63) is 41.0 Å². The fourth-order valence-corrected chi connectivity index (χ4v) is 5.70. The monoisotopic (exact) mass is 431 g/mol. The van der Waals surface area contributed by atoms with Gasteiger partial charge in [0.25, 0.3) is 10.0 Å². The van der Waals surface area contributed by atoms with Gasteiger partial charge in [-0.25, -0.2) is 0 Å². The number of carbonyl (C=O) groups excluding carboxylic acids is 1. The number of benzene rings is 1. The third kappa shape index (κ3) is 4.77. The minimum Gasteiger partial charge on any atom is -0.356 e. The van der Waals surface area contributed by atoms with E-state index in [9.17, 15) is 13.2 Å². The molecule has 6 nitrogen and oxygen atoms in total. The molecule has 2 heterocycles. The van der Waals surface area contributed by atoms with Crippen LogP contribution in [0.1, 0.15) is 64.5 Å². The van der Waals surface area contributed by atoms with Crippen molar-refractivity contribution in [1.29, 1.82) is 0 Å². The molecule has 1 aromatic rings. The molecular formula is C23H33N3O3S. The van der Waals surface area contributed by atoms with E-state index in [1.165, 1.54) is 5.56 Å². The molecule has 0 spiro atoms. The quantitative estimate of drug-likeness (QED) is 0.744. The Morgan fingerprint density at radius 3 is 2.40 bits per heavy atom. The van der Waals surface area contributed by atoms with Crippen molar-refractivity contribution in [2.45, 2.75) is 65.8 Å². The molecule has 0 aromatic heterocycles. The van der Waals surface area contributed by atoms with Gasteiger partial charge in [-0.1, -0.05) is 51.5 Å². The van der Waals surface area contributed by atoms with Crippen LogP contribution >= 0.6 is 0 Å². The largest absolute Gasteiger partial charge is 0.356 e.